The van der Waals surface area contributed by atoms with Crippen molar-refractivity contribution in [1.82, 2.24) is 0 Å². The fourth-order valence-electron chi connectivity index (χ4n) is 3.58. The Kier molecular flexibility index (Phi) is 5.17. The monoisotopic (exact) mass is 414 g/mol. The van der Waals surface area contributed by atoms with Crippen LogP contribution in [0.3, 0.4) is 0 Å². The standard InChI is InChI=1S/C25H19BrO/c26-21-15-13-19(14-16-21)24(17-25(27)20-8-2-1-3-9-20)23-12-6-10-18-7-4-5-11-22(18)23/h1-16,24H,17H2/t24-/m0/s1. The van der Waals surface area contributed by atoms with Crippen molar-refractivity contribution < 1.29 is 4.79 Å². The van der Waals surface area contributed by atoms with Crippen molar-refractivity contribution in [1.29, 1.82) is 0 Å². The second-order valence-electron chi connectivity index (χ2n) is 6.67. The molecule has 0 fully saturated rings. The van der Waals surface area contributed by atoms with Gasteiger partial charge in [-0.2, -0.15) is 0 Å². The van der Waals surface area contributed by atoms with Gasteiger partial charge in [-0.25, -0.2) is 0 Å². The van der Waals surface area contributed by atoms with Gasteiger partial charge in [-0.3, -0.25) is 4.79 Å². The number of hydrogen-bond acceptors (Lipinski definition) is 1. The molecule has 0 heterocycles. The van der Waals surface area contributed by atoms with Gasteiger partial charge in [-0.05, 0) is 34.0 Å². The third kappa shape index (κ3) is 3.86. The van der Waals surface area contributed by atoms with E-state index in [-0.39, 0.29) is 11.7 Å². The zero-order valence-electron chi connectivity index (χ0n) is 14.8. The van der Waals surface area contributed by atoms with Crippen LogP contribution in [-0.4, -0.2) is 5.78 Å². The van der Waals surface area contributed by atoms with Crippen molar-refractivity contribution in [2.75, 3.05) is 0 Å². The lowest BCUT2D eigenvalue weighted by molar-refractivity contribution is 0.0978. The summed E-state index contributed by atoms with van der Waals surface area (Å²) in [6, 6.07) is 32.6. The molecule has 0 aliphatic carbocycles. The summed E-state index contributed by atoms with van der Waals surface area (Å²) in [7, 11) is 0. The minimum atomic E-state index is 0.0110. The summed E-state index contributed by atoms with van der Waals surface area (Å²) in [4.78, 5) is 13.0. The van der Waals surface area contributed by atoms with Gasteiger partial charge in [0.25, 0.3) is 0 Å². The Balaban J connectivity index is 1.80. The number of rotatable bonds is 5. The summed E-state index contributed by atoms with van der Waals surface area (Å²) in [6.07, 6.45) is 0.444. The summed E-state index contributed by atoms with van der Waals surface area (Å²) in [6.45, 7) is 0. The molecule has 4 aromatic rings. The Morgan fingerprint density at radius 3 is 2.19 bits per heavy atom. The lowest BCUT2D eigenvalue weighted by Crippen LogP contribution is -2.09. The van der Waals surface area contributed by atoms with Crippen molar-refractivity contribution in [2.45, 2.75) is 12.3 Å². The Hall–Kier alpha value is -2.71. The van der Waals surface area contributed by atoms with Crippen LogP contribution in [0.2, 0.25) is 0 Å². The number of ketones is 1. The predicted molar refractivity (Wildman–Crippen MR) is 115 cm³/mol. The van der Waals surface area contributed by atoms with Gasteiger partial charge in [0.2, 0.25) is 0 Å². The van der Waals surface area contributed by atoms with Gasteiger partial charge in [0.1, 0.15) is 0 Å². The summed E-state index contributed by atoms with van der Waals surface area (Å²) < 4.78 is 1.04. The molecule has 0 bridgehead atoms. The molecular formula is C25H19BrO. The SMILES string of the molecule is O=C(C[C@@H](c1ccc(Br)cc1)c1cccc2ccccc12)c1ccccc1. The van der Waals surface area contributed by atoms with Crippen LogP contribution in [0, 0.1) is 0 Å². The highest BCUT2D eigenvalue weighted by Crippen LogP contribution is 2.34. The molecule has 0 spiro atoms. The van der Waals surface area contributed by atoms with E-state index in [2.05, 4.69) is 70.5 Å². The third-order valence-electron chi connectivity index (χ3n) is 4.96. The Bertz CT molecular complexity index is 1060. The zero-order chi connectivity index (χ0) is 18.6. The smallest absolute Gasteiger partial charge is 0.163 e. The molecule has 0 saturated heterocycles. The Morgan fingerprint density at radius 1 is 0.741 bits per heavy atom. The van der Waals surface area contributed by atoms with E-state index in [0.29, 0.717) is 6.42 Å². The number of carbonyl (C=O) groups is 1. The molecule has 0 unspecified atom stereocenters. The second kappa shape index (κ2) is 7.89. The van der Waals surface area contributed by atoms with Gasteiger partial charge in [-0.1, -0.05) is 101 Å². The molecule has 2 heteroatoms. The minimum Gasteiger partial charge on any atom is -0.294 e. The quantitative estimate of drug-likeness (QED) is 0.321. The van der Waals surface area contributed by atoms with E-state index < -0.39 is 0 Å². The minimum absolute atomic E-state index is 0.0110. The van der Waals surface area contributed by atoms with Gasteiger partial charge in [0, 0.05) is 22.4 Å². The molecule has 4 aromatic carbocycles. The molecule has 27 heavy (non-hydrogen) atoms. The van der Waals surface area contributed by atoms with Crippen LogP contribution in [0.5, 0.6) is 0 Å². The molecule has 0 aliphatic heterocycles. The highest BCUT2D eigenvalue weighted by molar-refractivity contribution is 9.10. The number of hydrogen-bond donors (Lipinski definition) is 0. The zero-order valence-corrected chi connectivity index (χ0v) is 16.4. The summed E-state index contributed by atoms with van der Waals surface area (Å²) in [5, 5.41) is 2.40. The van der Waals surface area contributed by atoms with Crippen LogP contribution in [0.4, 0.5) is 0 Å². The highest BCUT2D eigenvalue weighted by atomic mass is 79.9. The lowest BCUT2D eigenvalue weighted by atomic mass is 9.83. The molecule has 132 valence electrons. The average molecular weight is 415 g/mol. The molecule has 0 amide bonds. The van der Waals surface area contributed by atoms with E-state index in [9.17, 15) is 4.79 Å². The first-order valence-electron chi connectivity index (χ1n) is 9.04. The van der Waals surface area contributed by atoms with Gasteiger partial charge >= 0.3 is 0 Å². The van der Waals surface area contributed by atoms with Crippen LogP contribution < -0.4 is 0 Å². The van der Waals surface area contributed by atoms with E-state index in [0.717, 1.165) is 15.6 Å². The molecule has 0 aromatic heterocycles. The van der Waals surface area contributed by atoms with Crippen molar-refractivity contribution in [3.63, 3.8) is 0 Å². The summed E-state index contributed by atoms with van der Waals surface area (Å²) in [5.74, 6) is 0.174. The molecule has 1 nitrogen and oxygen atoms in total. The third-order valence-corrected chi connectivity index (χ3v) is 5.49. The highest BCUT2D eigenvalue weighted by Gasteiger charge is 2.21. The molecule has 0 aliphatic rings. The number of Topliss-reactive ketones (excluding diaryl/α,β-unsaturated/α-hetero) is 1. The topological polar surface area (TPSA) is 17.1 Å². The number of benzene rings is 4. The number of halogens is 1. The van der Waals surface area contributed by atoms with Gasteiger partial charge in [0.15, 0.2) is 5.78 Å². The van der Waals surface area contributed by atoms with Crippen molar-refractivity contribution >= 4 is 32.5 Å². The fraction of sp³-hybridized carbons (Fsp3) is 0.0800. The normalized spacial score (nSPS) is 12.0. The predicted octanol–water partition coefficient (Wildman–Crippen LogP) is 7.01. The van der Waals surface area contributed by atoms with Crippen molar-refractivity contribution in [3.8, 4) is 0 Å². The van der Waals surface area contributed by atoms with E-state index in [4.69, 9.17) is 0 Å². The average Bonchev–Trinajstić information content (AvgIpc) is 2.73. The van der Waals surface area contributed by atoms with Crippen molar-refractivity contribution in [2.24, 2.45) is 0 Å². The maximum Gasteiger partial charge on any atom is 0.163 e. The van der Waals surface area contributed by atoms with Gasteiger partial charge in [-0.15, -0.1) is 0 Å². The fourth-order valence-corrected chi connectivity index (χ4v) is 3.85. The number of fused-ring (bicyclic) bond motifs is 1. The van der Waals surface area contributed by atoms with Crippen molar-refractivity contribution in [3.05, 3.63) is 118 Å². The van der Waals surface area contributed by atoms with E-state index in [1.54, 1.807) is 0 Å². The van der Waals surface area contributed by atoms with Crippen LogP contribution >= 0.6 is 15.9 Å². The van der Waals surface area contributed by atoms with E-state index >= 15 is 0 Å². The Morgan fingerprint density at radius 2 is 1.41 bits per heavy atom. The molecule has 0 radical (unpaired) electrons. The van der Waals surface area contributed by atoms with E-state index in [1.807, 2.05) is 42.5 Å². The Labute approximate surface area is 167 Å². The van der Waals surface area contributed by atoms with Crippen LogP contribution in [0.25, 0.3) is 10.8 Å². The largest absolute Gasteiger partial charge is 0.294 e. The van der Waals surface area contributed by atoms with Crippen LogP contribution in [0.15, 0.2) is 102 Å². The first-order chi connectivity index (χ1) is 13.2. The lowest BCUT2D eigenvalue weighted by Gasteiger charge is -2.20. The molecule has 0 saturated carbocycles. The second-order valence-corrected chi connectivity index (χ2v) is 7.58. The molecule has 1 atom stereocenters. The van der Waals surface area contributed by atoms with Gasteiger partial charge in [0.05, 0.1) is 0 Å². The maximum atomic E-state index is 13.0. The van der Waals surface area contributed by atoms with E-state index in [1.165, 1.54) is 16.3 Å². The first-order valence-corrected chi connectivity index (χ1v) is 9.83. The summed E-state index contributed by atoms with van der Waals surface area (Å²) >= 11 is 3.51. The molecule has 0 N–H and O–H groups in total. The molecule has 4 rings (SSSR count). The van der Waals surface area contributed by atoms with Gasteiger partial charge < -0.3 is 0 Å². The summed E-state index contributed by atoms with van der Waals surface area (Å²) in [5.41, 5.74) is 3.11. The van der Waals surface area contributed by atoms with Crippen LogP contribution in [0.1, 0.15) is 33.8 Å². The van der Waals surface area contributed by atoms with Crippen LogP contribution in [-0.2, 0) is 0 Å². The first kappa shape index (κ1) is 17.7. The molecular weight excluding hydrogens is 396 g/mol. The number of carbonyl (C=O) groups excluding carboxylic acids is 1. The maximum absolute atomic E-state index is 13.0.